The number of ether oxygens (including phenoxy) is 3. The topological polar surface area (TPSA) is 92.8 Å². The first-order chi connectivity index (χ1) is 12.4. The molecule has 0 amide bonds. The van der Waals surface area contributed by atoms with Crippen LogP contribution in [0.15, 0.2) is 12.1 Å². The molecule has 0 unspecified atom stereocenters. The summed E-state index contributed by atoms with van der Waals surface area (Å²) < 4.78 is 43.4. The van der Waals surface area contributed by atoms with Crippen molar-refractivity contribution >= 4 is 5.97 Å². The normalized spacial score (nSPS) is 10.9. The minimum Gasteiger partial charge on any atom is -0.493 e. The fourth-order valence-electron chi connectivity index (χ4n) is 2.87. The van der Waals surface area contributed by atoms with Crippen molar-refractivity contribution < 1.29 is 32.9 Å². The molecule has 0 aliphatic heterocycles. The summed E-state index contributed by atoms with van der Waals surface area (Å²) in [6, 6.07) is 3.07. The number of hydrogen-bond donors (Lipinski definition) is 3. The number of halogens is 2. The molecule has 1 aromatic carbocycles. The molecule has 0 fully saturated rings. The predicted octanol–water partition coefficient (Wildman–Crippen LogP) is 3.06. The van der Waals surface area contributed by atoms with Gasteiger partial charge in [0.25, 0.3) is 6.43 Å². The third-order valence-electron chi connectivity index (χ3n) is 3.88. The zero-order valence-electron chi connectivity index (χ0n) is 14.8. The van der Waals surface area contributed by atoms with Crippen LogP contribution in [0.3, 0.4) is 0 Å². The second-order valence-corrected chi connectivity index (χ2v) is 5.29. The van der Waals surface area contributed by atoms with Crippen LogP contribution < -0.4 is 19.5 Å². The van der Waals surface area contributed by atoms with E-state index in [0.717, 1.165) is 0 Å². The van der Waals surface area contributed by atoms with Gasteiger partial charge in [0.2, 0.25) is 5.75 Å². The minimum absolute atomic E-state index is 0.0598. The molecule has 1 aromatic heterocycles. The Hall–Kier alpha value is -2.81. The predicted molar refractivity (Wildman–Crippen MR) is 90.6 cm³/mol. The summed E-state index contributed by atoms with van der Waals surface area (Å²) in [5.41, 5.74) is -0.532. The maximum Gasteiger partial charge on any atom is 0.352 e. The summed E-state index contributed by atoms with van der Waals surface area (Å²) in [6.07, 6.45) is -3.00. The number of carboxylic acid groups (broad SMARTS) is 1. The quantitative estimate of drug-likeness (QED) is 0.661. The molecule has 142 valence electrons. The maximum absolute atomic E-state index is 13.8. The van der Waals surface area contributed by atoms with Gasteiger partial charge in [0.15, 0.2) is 11.5 Å². The lowest BCUT2D eigenvalue weighted by molar-refractivity contribution is 0.0679. The number of rotatable bonds is 8. The molecule has 3 N–H and O–H groups in total. The first-order valence-corrected chi connectivity index (χ1v) is 7.61. The van der Waals surface area contributed by atoms with Crippen molar-refractivity contribution in [1.29, 1.82) is 0 Å². The van der Waals surface area contributed by atoms with Gasteiger partial charge in [-0.25, -0.2) is 13.6 Å². The van der Waals surface area contributed by atoms with Crippen LogP contribution in [0.2, 0.25) is 0 Å². The van der Waals surface area contributed by atoms with Gasteiger partial charge in [0, 0.05) is 23.4 Å². The van der Waals surface area contributed by atoms with Crippen LogP contribution in [0.4, 0.5) is 8.78 Å². The lowest BCUT2D eigenvalue weighted by Gasteiger charge is -2.17. The van der Waals surface area contributed by atoms with E-state index >= 15 is 0 Å². The average Bonchev–Trinajstić information content (AvgIpc) is 3.00. The van der Waals surface area contributed by atoms with E-state index in [0.29, 0.717) is 11.4 Å². The molecule has 26 heavy (non-hydrogen) atoms. The van der Waals surface area contributed by atoms with Crippen LogP contribution in [-0.2, 0) is 6.54 Å². The number of alkyl halides is 2. The van der Waals surface area contributed by atoms with Crippen LogP contribution in [-0.4, -0.2) is 44.4 Å². The highest BCUT2D eigenvalue weighted by atomic mass is 19.3. The standard InChI is InChI=1S/C17H20F2N2O5/c1-20-7-9-11(12(16(18)19)13(21-9)17(22)23)8-5-6-10(24-2)15(26-4)14(8)25-3/h5-6,16,20-21H,7H2,1-4H3,(H,22,23). The van der Waals surface area contributed by atoms with Gasteiger partial charge in [-0.2, -0.15) is 0 Å². The molecule has 1 heterocycles. The van der Waals surface area contributed by atoms with E-state index in [1.54, 1.807) is 13.1 Å². The molecular formula is C17H20F2N2O5. The van der Waals surface area contributed by atoms with E-state index < -0.39 is 23.7 Å². The lowest BCUT2D eigenvalue weighted by atomic mass is 9.98. The molecule has 7 nitrogen and oxygen atoms in total. The van der Waals surface area contributed by atoms with E-state index in [2.05, 4.69) is 10.3 Å². The SMILES string of the molecule is CNCc1[nH]c(C(=O)O)c(C(F)F)c1-c1ccc(OC)c(OC)c1OC. The molecule has 2 aromatic rings. The third kappa shape index (κ3) is 3.30. The van der Waals surface area contributed by atoms with Crippen LogP contribution >= 0.6 is 0 Å². The first kappa shape index (κ1) is 19.5. The van der Waals surface area contributed by atoms with Gasteiger partial charge in [0.05, 0.1) is 26.9 Å². The number of carbonyl (C=O) groups is 1. The molecule has 0 bridgehead atoms. The number of carboxylic acids is 1. The van der Waals surface area contributed by atoms with Crippen molar-refractivity contribution in [2.45, 2.75) is 13.0 Å². The fraction of sp³-hybridized carbons (Fsp3) is 0.353. The highest BCUT2D eigenvalue weighted by molar-refractivity contribution is 5.93. The Bertz CT molecular complexity index is 805. The van der Waals surface area contributed by atoms with Gasteiger partial charge in [-0.15, -0.1) is 0 Å². The number of aromatic nitrogens is 1. The van der Waals surface area contributed by atoms with E-state index in [-0.39, 0.29) is 29.2 Å². The number of benzene rings is 1. The second-order valence-electron chi connectivity index (χ2n) is 5.29. The molecule has 0 atom stereocenters. The summed E-state index contributed by atoms with van der Waals surface area (Å²) >= 11 is 0. The molecule has 0 spiro atoms. The highest BCUT2D eigenvalue weighted by Crippen LogP contribution is 2.48. The van der Waals surface area contributed by atoms with Gasteiger partial charge >= 0.3 is 5.97 Å². The third-order valence-corrected chi connectivity index (χ3v) is 3.88. The Labute approximate surface area is 148 Å². The summed E-state index contributed by atoms with van der Waals surface area (Å²) in [7, 11) is 5.82. The van der Waals surface area contributed by atoms with Crippen LogP contribution in [0.25, 0.3) is 11.1 Å². The van der Waals surface area contributed by atoms with Gasteiger partial charge in [-0.05, 0) is 19.2 Å². The fourth-order valence-corrected chi connectivity index (χ4v) is 2.87. The van der Waals surface area contributed by atoms with E-state index in [1.165, 1.54) is 27.4 Å². The monoisotopic (exact) mass is 370 g/mol. The Morgan fingerprint density at radius 2 is 1.85 bits per heavy atom. The molecule has 0 aliphatic carbocycles. The number of aromatic carboxylic acids is 1. The Morgan fingerprint density at radius 1 is 1.19 bits per heavy atom. The van der Waals surface area contributed by atoms with Crippen molar-refractivity contribution in [2.75, 3.05) is 28.4 Å². The van der Waals surface area contributed by atoms with Crippen LogP contribution in [0, 0.1) is 0 Å². The molecule has 9 heteroatoms. The van der Waals surface area contributed by atoms with E-state index in [9.17, 15) is 18.7 Å². The van der Waals surface area contributed by atoms with Crippen molar-refractivity contribution in [3.8, 4) is 28.4 Å². The number of aromatic amines is 1. The number of nitrogens with one attached hydrogen (secondary N) is 2. The summed E-state index contributed by atoms with van der Waals surface area (Å²) in [6.45, 7) is 0.153. The highest BCUT2D eigenvalue weighted by Gasteiger charge is 2.31. The summed E-state index contributed by atoms with van der Waals surface area (Å²) in [4.78, 5) is 14.0. The Kier molecular flexibility index (Phi) is 6.04. The van der Waals surface area contributed by atoms with E-state index in [1.807, 2.05) is 0 Å². The zero-order chi connectivity index (χ0) is 19.4. The van der Waals surface area contributed by atoms with Gasteiger partial charge in [-0.1, -0.05) is 0 Å². The largest absolute Gasteiger partial charge is 0.493 e. The molecule has 0 aliphatic rings. The maximum atomic E-state index is 13.8. The van der Waals surface area contributed by atoms with E-state index in [4.69, 9.17) is 14.2 Å². The summed E-state index contributed by atoms with van der Waals surface area (Å²) in [5.74, 6) is -0.720. The zero-order valence-corrected chi connectivity index (χ0v) is 14.8. The van der Waals surface area contributed by atoms with Gasteiger partial charge < -0.3 is 29.6 Å². The smallest absolute Gasteiger partial charge is 0.352 e. The minimum atomic E-state index is -3.00. The van der Waals surface area contributed by atoms with Crippen LogP contribution in [0.5, 0.6) is 17.2 Å². The molecule has 0 saturated heterocycles. The van der Waals surface area contributed by atoms with Crippen molar-refractivity contribution in [2.24, 2.45) is 0 Å². The van der Waals surface area contributed by atoms with Gasteiger partial charge in [0.1, 0.15) is 5.69 Å². The summed E-state index contributed by atoms with van der Waals surface area (Å²) in [5, 5.41) is 12.2. The molecule has 2 rings (SSSR count). The van der Waals surface area contributed by atoms with Crippen molar-refractivity contribution in [1.82, 2.24) is 10.3 Å². The van der Waals surface area contributed by atoms with Gasteiger partial charge in [-0.3, -0.25) is 0 Å². The number of hydrogen-bond acceptors (Lipinski definition) is 5. The Balaban J connectivity index is 2.88. The molecular weight excluding hydrogens is 350 g/mol. The Morgan fingerprint density at radius 3 is 2.31 bits per heavy atom. The van der Waals surface area contributed by atoms with Crippen molar-refractivity contribution in [3.63, 3.8) is 0 Å². The van der Waals surface area contributed by atoms with Crippen LogP contribution in [0.1, 0.15) is 28.2 Å². The lowest BCUT2D eigenvalue weighted by Crippen LogP contribution is -2.07. The van der Waals surface area contributed by atoms with Crippen molar-refractivity contribution in [3.05, 3.63) is 29.1 Å². The average molecular weight is 370 g/mol. The molecule has 0 saturated carbocycles. The number of methoxy groups -OCH3 is 3. The second kappa shape index (κ2) is 8.05. The first-order valence-electron chi connectivity index (χ1n) is 7.61. The number of H-pyrrole nitrogens is 1. The molecule has 0 radical (unpaired) electrons.